The van der Waals surface area contributed by atoms with Gasteiger partial charge < -0.3 is 4.90 Å². The number of benzene rings is 2. The second-order valence-corrected chi connectivity index (χ2v) is 6.85. The Hall–Kier alpha value is -4.50. The van der Waals surface area contributed by atoms with E-state index < -0.39 is 0 Å². The highest BCUT2D eigenvalue weighted by molar-refractivity contribution is 7.00. The second-order valence-electron chi connectivity index (χ2n) is 6.33. The molecule has 0 saturated heterocycles. The number of aromatic nitrogens is 2. The summed E-state index contributed by atoms with van der Waals surface area (Å²) in [6.07, 6.45) is 0. The van der Waals surface area contributed by atoms with Crippen LogP contribution in [0.25, 0.3) is 22.2 Å². The van der Waals surface area contributed by atoms with E-state index in [9.17, 15) is 21.0 Å². The van der Waals surface area contributed by atoms with E-state index in [0.29, 0.717) is 22.2 Å². The smallest absolute Gasteiger partial charge is 0.138 e. The van der Waals surface area contributed by atoms with Crippen LogP contribution in [0.15, 0.2) is 53.6 Å². The van der Waals surface area contributed by atoms with Gasteiger partial charge in [0.05, 0.1) is 11.7 Å². The standard InChI is InChI=1S/C22H13N7S/c1-29(2)17-8-6-14(7-9-17)20(15(10-23)11-24)21(16(12-25)13-26)18-4-3-5-19-22(18)28-30-27-19/h3-9H,1-2H3. The van der Waals surface area contributed by atoms with E-state index in [0.717, 1.165) is 17.4 Å². The van der Waals surface area contributed by atoms with Crippen molar-refractivity contribution in [2.45, 2.75) is 0 Å². The fourth-order valence-corrected chi connectivity index (χ4v) is 3.57. The summed E-state index contributed by atoms with van der Waals surface area (Å²) in [5, 5.41) is 38.6. The first-order valence-electron chi connectivity index (χ1n) is 8.64. The lowest BCUT2D eigenvalue weighted by atomic mass is 9.85. The van der Waals surface area contributed by atoms with Crippen molar-refractivity contribution in [3.8, 4) is 24.3 Å². The molecule has 0 fully saturated rings. The van der Waals surface area contributed by atoms with Crippen molar-refractivity contribution in [2.75, 3.05) is 19.0 Å². The van der Waals surface area contributed by atoms with Crippen molar-refractivity contribution in [3.05, 3.63) is 64.7 Å². The van der Waals surface area contributed by atoms with Crippen molar-refractivity contribution in [3.63, 3.8) is 0 Å². The fourth-order valence-electron chi connectivity index (χ4n) is 3.02. The van der Waals surface area contributed by atoms with Gasteiger partial charge in [0, 0.05) is 36.5 Å². The fraction of sp³-hybridized carbons (Fsp3) is 0.0909. The molecule has 8 heteroatoms. The predicted molar refractivity (Wildman–Crippen MR) is 114 cm³/mol. The molecular weight excluding hydrogens is 394 g/mol. The molecular formula is C22H13N7S. The second kappa shape index (κ2) is 8.67. The van der Waals surface area contributed by atoms with Crippen molar-refractivity contribution in [1.82, 2.24) is 8.75 Å². The van der Waals surface area contributed by atoms with E-state index >= 15 is 0 Å². The molecule has 0 bridgehead atoms. The Bertz CT molecular complexity index is 1320. The minimum atomic E-state index is -0.217. The summed E-state index contributed by atoms with van der Waals surface area (Å²) >= 11 is 1.00. The van der Waals surface area contributed by atoms with Gasteiger partial charge in [0.15, 0.2) is 0 Å². The van der Waals surface area contributed by atoms with Crippen LogP contribution in [0.1, 0.15) is 11.1 Å². The summed E-state index contributed by atoms with van der Waals surface area (Å²) in [6, 6.07) is 20.0. The summed E-state index contributed by atoms with van der Waals surface area (Å²) in [4.78, 5) is 1.91. The number of allylic oxidation sites excluding steroid dienone is 4. The van der Waals surface area contributed by atoms with Gasteiger partial charge in [-0.05, 0) is 23.8 Å². The Kier molecular flexibility index (Phi) is 5.85. The van der Waals surface area contributed by atoms with Gasteiger partial charge in [-0.25, -0.2) is 0 Å². The molecule has 3 aromatic rings. The molecule has 1 heterocycles. The van der Waals surface area contributed by atoms with Gasteiger partial charge in [-0.2, -0.15) is 29.8 Å². The first kappa shape index (κ1) is 20.2. The van der Waals surface area contributed by atoms with Gasteiger partial charge in [0.2, 0.25) is 0 Å². The normalized spacial score (nSPS) is 9.53. The molecule has 7 nitrogen and oxygen atoms in total. The molecule has 0 unspecified atom stereocenters. The number of fused-ring (bicyclic) bond motifs is 1. The lowest BCUT2D eigenvalue weighted by molar-refractivity contribution is 1.13. The van der Waals surface area contributed by atoms with Gasteiger partial charge in [0.1, 0.15) is 46.5 Å². The molecule has 1 aromatic heterocycles. The summed E-state index contributed by atoms with van der Waals surface area (Å²) < 4.78 is 8.51. The van der Waals surface area contributed by atoms with Crippen LogP contribution in [0, 0.1) is 45.3 Å². The Balaban J connectivity index is 2.43. The molecule has 2 aromatic carbocycles. The number of rotatable bonds is 4. The highest BCUT2D eigenvalue weighted by Crippen LogP contribution is 2.39. The largest absolute Gasteiger partial charge is 0.378 e. The lowest BCUT2D eigenvalue weighted by Gasteiger charge is -2.16. The number of anilines is 1. The number of nitrogens with zero attached hydrogens (tertiary/aromatic N) is 7. The van der Waals surface area contributed by atoms with E-state index in [4.69, 9.17) is 0 Å². The van der Waals surface area contributed by atoms with Crippen LogP contribution in [-0.2, 0) is 0 Å². The zero-order valence-corrected chi connectivity index (χ0v) is 16.9. The Labute approximate surface area is 177 Å². The van der Waals surface area contributed by atoms with E-state index in [2.05, 4.69) is 8.75 Å². The maximum absolute atomic E-state index is 9.66. The van der Waals surface area contributed by atoms with Gasteiger partial charge in [0.25, 0.3) is 0 Å². The average Bonchev–Trinajstić information content (AvgIpc) is 3.25. The van der Waals surface area contributed by atoms with Crippen molar-refractivity contribution < 1.29 is 0 Å². The molecule has 0 aliphatic rings. The molecule has 0 spiro atoms. The Morgan fingerprint density at radius 1 is 0.800 bits per heavy atom. The summed E-state index contributed by atoms with van der Waals surface area (Å²) in [6.45, 7) is 0. The lowest BCUT2D eigenvalue weighted by Crippen LogP contribution is -2.08. The molecule has 3 rings (SSSR count). The van der Waals surface area contributed by atoms with Crippen LogP contribution in [0.5, 0.6) is 0 Å². The molecule has 0 amide bonds. The molecule has 0 N–H and O–H groups in total. The van der Waals surface area contributed by atoms with Gasteiger partial charge in [-0.1, -0.05) is 24.3 Å². The van der Waals surface area contributed by atoms with E-state index in [1.807, 2.05) is 55.4 Å². The number of hydrogen-bond donors (Lipinski definition) is 0. The SMILES string of the molecule is CN(C)c1ccc(C(=C(C#N)C#N)C(=C(C#N)C#N)c2cccc3nsnc23)cc1. The highest BCUT2D eigenvalue weighted by Gasteiger charge is 2.23. The molecule has 30 heavy (non-hydrogen) atoms. The zero-order chi connectivity index (χ0) is 21.7. The molecule has 0 aliphatic heterocycles. The maximum Gasteiger partial charge on any atom is 0.138 e. The van der Waals surface area contributed by atoms with Crippen LogP contribution >= 0.6 is 11.7 Å². The maximum atomic E-state index is 9.66. The van der Waals surface area contributed by atoms with Gasteiger partial charge in [-0.3, -0.25) is 0 Å². The third-order valence-corrected chi connectivity index (χ3v) is 4.97. The minimum absolute atomic E-state index is 0.189. The monoisotopic (exact) mass is 407 g/mol. The minimum Gasteiger partial charge on any atom is -0.378 e. The van der Waals surface area contributed by atoms with E-state index in [1.54, 1.807) is 30.3 Å². The van der Waals surface area contributed by atoms with E-state index in [1.165, 1.54) is 0 Å². The van der Waals surface area contributed by atoms with Crippen LogP contribution in [0.4, 0.5) is 5.69 Å². The zero-order valence-electron chi connectivity index (χ0n) is 16.1. The van der Waals surface area contributed by atoms with Crippen LogP contribution < -0.4 is 4.90 Å². The molecule has 142 valence electrons. The summed E-state index contributed by atoms with van der Waals surface area (Å²) in [5.74, 6) is 0. The van der Waals surface area contributed by atoms with E-state index in [-0.39, 0.29) is 22.3 Å². The Morgan fingerprint density at radius 2 is 1.40 bits per heavy atom. The van der Waals surface area contributed by atoms with Crippen LogP contribution in [0.2, 0.25) is 0 Å². The topological polar surface area (TPSA) is 124 Å². The third kappa shape index (κ3) is 3.60. The van der Waals surface area contributed by atoms with Crippen molar-refractivity contribution in [1.29, 1.82) is 21.0 Å². The average molecular weight is 407 g/mol. The quantitative estimate of drug-likeness (QED) is 0.472. The summed E-state index contributed by atoms with van der Waals surface area (Å²) in [7, 11) is 3.79. The molecule has 0 radical (unpaired) electrons. The number of nitriles is 4. The van der Waals surface area contributed by atoms with Gasteiger partial charge >= 0.3 is 0 Å². The molecule has 0 aliphatic carbocycles. The first-order chi connectivity index (χ1) is 14.5. The number of hydrogen-bond acceptors (Lipinski definition) is 8. The summed E-state index contributed by atoms with van der Waals surface area (Å²) in [5.41, 5.74) is 3.01. The highest BCUT2D eigenvalue weighted by atomic mass is 32.1. The van der Waals surface area contributed by atoms with Crippen LogP contribution in [0.3, 0.4) is 0 Å². The van der Waals surface area contributed by atoms with Crippen LogP contribution in [-0.4, -0.2) is 22.8 Å². The van der Waals surface area contributed by atoms with Crippen molar-refractivity contribution in [2.24, 2.45) is 0 Å². The molecule has 0 atom stereocenters. The Morgan fingerprint density at radius 3 is 1.97 bits per heavy atom. The third-order valence-electron chi connectivity index (χ3n) is 4.42. The van der Waals surface area contributed by atoms with Gasteiger partial charge in [-0.15, -0.1) is 0 Å². The molecule has 0 saturated carbocycles. The first-order valence-corrected chi connectivity index (χ1v) is 9.37. The van der Waals surface area contributed by atoms with Crippen molar-refractivity contribution >= 4 is 39.6 Å². The predicted octanol–water partition coefficient (Wildman–Crippen LogP) is 4.06.